The normalized spacial score (nSPS) is 17.7. The molecule has 0 aromatic heterocycles. The Hall–Kier alpha value is -0.340. The molecule has 0 atom stereocenters. The molecule has 1 N–H and O–H groups in total. The van der Waals surface area contributed by atoms with Crippen molar-refractivity contribution in [2.45, 2.75) is 33.1 Å². The molecule has 0 unspecified atom stereocenters. The van der Waals surface area contributed by atoms with Crippen molar-refractivity contribution in [2.75, 3.05) is 13.1 Å². The maximum atomic E-state index is 3.60. The zero-order valence-electron chi connectivity index (χ0n) is 10.1. The van der Waals surface area contributed by atoms with Gasteiger partial charge in [0.1, 0.15) is 0 Å². The quantitative estimate of drug-likeness (QED) is 0.873. The topological polar surface area (TPSA) is 12.0 Å². The van der Waals surface area contributed by atoms with Crippen molar-refractivity contribution >= 4 is 15.9 Å². The maximum Gasteiger partial charge on any atom is 0.0180 e. The zero-order valence-corrected chi connectivity index (χ0v) is 11.7. The number of rotatable bonds is 2. The molecule has 0 radical (unpaired) electrons. The fourth-order valence-electron chi connectivity index (χ4n) is 2.49. The number of aryl methyl sites for hydroxylation is 1. The van der Waals surface area contributed by atoms with Gasteiger partial charge in [-0.2, -0.15) is 0 Å². The van der Waals surface area contributed by atoms with Gasteiger partial charge in [-0.05, 0) is 80.9 Å². The van der Waals surface area contributed by atoms with Gasteiger partial charge in [0.25, 0.3) is 0 Å². The van der Waals surface area contributed by atoms with Crippen LogP contribution in [0.15, 0.2) is 16.6 Å². The van der Waals surface area contributed by atoms with Crippen LogP contribution in [-0.4, -0.2) is 13.1 Å². The molecule has 16 heavy (non-hydrogen) atoms. The summed E-state index contributed by atoms with van der Waals surface area (Å²) in [5.41, 5.74) is 4.40. The third-order valence-corrected chi connectivity index (χ3v) is 4.16. The van der Waals surface area contributed by atoms with Gasteiger partial charge in [-0.1, -0.05) is 15.9 Å². The van der Waals surface area contributed by atoms with Crippen LogP contribution in [0.3, 0.4) is 0 Å². The Morgan fingerprint density at radius 2 is 1.94 bits per heavy atom. The smallest absolute Gasteiger partial charge is 0.0180 e. The molecular formula is C14H20BrN. The van der Waals surface area contributed by atoms with E-state index in [1.165, 1.54) is 53.5 Å². The molecule has 1 aromatic rings. The van der Waals surface area contributed by atoms with E-state index in [0.29, 0.717) is 0 Å². The lowest BCUT2D eigenvalue weighted by atomic mass is 9.88. The zero-order chi connectivity index (χ0) is 11.5. The monoisotopic (exact) mass is 281 g/mol. The Balaban J connectivity index is 2.13. The molecule has 1 aliphatic heterocycles. The number of benzene rings is 1. The fraction of sp³-hybridized carbons (Fsp3) is 0.571. The average molecular weight is 282 g/mol. The van der Waals surface area contributed by atoms with Crippen LogP contribution < -0.4 is 5.32 Å². The highest BCUT2D eigenvalue weighted by Gasteiger charge is 2.15. The molecule has 0 amide bonds. The molecular weight excluding hydrogens is 262 g/mol. The van der Waals surface area contributed by atoms with Crippen molar-refractivity contribution in [3.05, 3.63) is 33.3 Å². The van der Waals surface area contributed by atoms with Gasteiger partial charge in [0.15, 0.2) is 0 Å². The van der Waals surface area contributed by atoms with Gasteiger partial charge < -0.3 is 5.32 Å². The highest BCUT2D eigenvalue weighted by atomic mass is 79.9. The van der Waals surface area contributed by atoms with E-state index in [1.54, 1.807) is 0 Å². The van der Waals surface area contributed by atoms with Gasteiger partial charge in [-0.25, -0.2) is 0 Å². The fourth-order valence-corrected chi connectivity index (χ4v) is 3.11. The van der Waals surface area contributed by atoms with Crippen LogP contribution in [0, 0.1) is 19.8 Å². The van der Waals surface area contributed by atoms with Crippen molar-refractivity contribution in [1.82, 2.24) is 5.32 Å². The molecule has 0 saturated carbocycles. The molecule has 0 aliphatic carbocycles. The summed E-state index contributed by atoms with van der Waals surface area (Å²) in [5, 5.41) is 3.43. The second-order valence-electron chi connectivity index (χ2n) is 4.90. The van der Waals surface area contributed by atoms with Crippen molar-refractivity contribution in [2.24, 2.45) is 5.92 Å². The van der Waals surface area contributed by atoms with Gasteiger partial charge in [0.05, 0.1) is 0 Å². The summed E-state index contributed by atoms with van der Waals surface area (Å²) in [5.74, 6) is 0.869. The van der Waals surface area contributed by atoms with Crippen LogP contribution in [-0.2, 0) is 6.42 Å². The second-order valence-corrected chi connectivity index (χ2v) is 5.82. The maximum absolute atomic E-state index is 3.60. The second kappa shape index (κ2) is 5.33. The lowest BCUT2D eigenvalue weighted by Gasteiger charge is -2.23. The lowest BCUT2D eigenvalue weighted by Crippen LogP contribution is -2.28. The standard InChI is InChI=1S/C14H20BrN/c1-10-7-14(15)9-13(11(10)2)8-12-3-5-16-6-4-12/h7,9,12,16H,3-6,8H2,1-2H3. The van der Waals surface area contributed by atoms with Crippen LogP contribution in [0.5, 0.6) is 0 Å². The summed E-state index contributed by atoms with van der Waals surface area (Å²) in [7, 11) is 0. The van der Waals surface area contributed by atoms with Gasteiger partial charge in [-0.3, -0.25) is 0 Å². The average Bonchev–Trinajstić information content (AvgIpc) is 2.27. The summed E-state index contributed by atoms with van der Waals surface area (Å²) in [6.07, 6.45) is 3.89. The molecule has 2 heteroatoms. The molecule has 1 fully saturated rings. The third-order valence-electron chi connectivity index (χ3n) is 3.71. The number of piperidine rings is 1. The Morgan fingerprint density at radius 1 is 1.25 bits per heavy atom. The molecule has 2 rings (SSSR count). The first-order valence-electron chi connectivity index (χ1n) is 6.13. The summed E-state index contributed by atoms with van der Waals surface area (Å²) in [6, 6.07) is 4.51. The van der Waals surface area contributed by atoms with E-state index in [-0.39, 0.29) is 0 Å². The van der Waals surface area contributed by atoms with E-state index in [9.17, 15) is 0 Å². The van der Waals surface area contributed by atoms with E-state index in [0.717, 1.165) is 5.92 Å². The van der Waals surface area contributed by atoms with E-state index in [2.05, 4.69) is 47.2 Å². The Morgan fingerprint density at radius 3 is 2.62 bits per heavy atom. The van der Waals surface area contributed by atoms with Gasteiger partial charge >= 0.3 is 0 Å². The molecule has 1 nitrogen and oxygen atoms in total. The van der Waals surface area contributed by atoms with Crippen LogP contribution in [0.4, 0.5) is 0 Å². The number of hydrogen-bond donors (Lipinski definition) is 1. The molecule has 1 heterocycles. The van der Waals surface area contributed by atoms with E-state index < -0.39 is 0 Å². The first-order chi connectivity index (χ1) is 7.66. The highest BCUT2D eigenvalue weighted by Crippen LogP contribution is 2.25. The van der Waals surface area contributed by atoms with Crippen LogP contribution >= 0.6 is 15.9 Å². The number of halogens is 1. The van der Waals surface area contributed by atoms with Gasteiger partial charge in [0, 0.05) is 4.47 Å². The first-order valence-corrected chi connectivity index (χ1v) is 6.92. The third kappa shape index (κ3) is 2.86. The summed E-state index contributed by atoms with van der Waals surface area (Å²) in [4.78, 5) is 0. The van der Waals surface area contributed by atoms with E-state index in [4.69, 9.17) is 0 Å². The molecule has 88 valence electrons. The summed E-state index contributed by atoms with van der Waals surface area (Å²) >= 11 is 3.60. The van der Waals surface area contributed by atoms with Crippen molar-refractivity contribution in [3.8, 4) is 0 Å². The lowest BCUT2D eigenvalue weighted by molar-refractivity contribution is 0.372. The Bertz CT molecular complexity index is 367. The molecule has 0 bridgehead atoms. The predicted octanol–water partition coefficient (Wildman–Crippen LogP) is 3.61. The molecule has 1 saturated heterocycles. The molecule has 0 spiro atoms. The minimum atomic E-state index is 0.869. The van der Waals surface area contributed by atoms with Crippen LogP contribution in [0.2, 0.25) is 0 Å². The SMILES string of the molecule is Cc1cc(Br)cc(CC2CCNCC2)c1C. The van der Waals surface area contributed by atoms with Crippen molar-refractivity contribution < 1.29 is 0 Å². The largest absolute Gasteiger partial charge is 0.317 e. The molecule has 1 aliphatic rings. The van der Waals surface area contributed by atoms with Crippen LogP contribution in [0.1, 0.15) is 29.5 Å². The summed E-state index contributed by atoms with van der Waals surface area (Å²) < 4.78 is 1.22. The highest BCUT2D eigenvalue weighted by molar-refractivity contribution is 9.10. The predicted molar refractivity (Wildman–Crippen MR) is 72.9 cm³/mol. The Labute approximate surface area is 107 Å². The Kier molecular flexibility index (Phi) is 4.04. The van der Waals surface area contributed by atoms with Crippen molar-refractivity contribution in [1.29, 1.82) is 0 Å². The van der Waals surface area contributed by atoms with Gasteiger partial charge in [-0.15, -0.1) is 0 Å². The minimum absolute atomic E-state index is 0.869. The van der Waals surface area contributed by atoms with Crippen LogP contribution in [0.25, 0.3) is 0 Å². The summed E-state index contributed by atoms with van der Waals surface area (Å²) in [6.45, 7) is 6.83. The number of hydrogen-bond acceptors (Lipinski definition) is 1. The minimum Gasteiger partial charge on any atom is -0.317 e. The number of nitrogens with one attached hydrogen (secondary N) is 1. The first kappa shape index (κ1) is 12.1. The van der Waals surface area contributed by atoms with Crippen molar-refractivity contribution in [3.63, 3.8) is 0 Å². The van der Waals surface area contributed by atoms with E-state index in [1.807, 2.05) is 0 Å². The van der Waals surface area contributed by atoms with Gasteiger partial charge in [0.2, 0.25) is 0 Å². The molecule has 1 aromatic carbocycles. The van der Waals surface area contributed by atoms with E-state index >= 15 is 0 Å².